The highest BCUT2D eigenvalue weighted by molar-refractivity contribution is 5.37. The second-order valence-corrected chi connectivity index (χ2v) is 1.58. The minimum atomic E-state index is 0.706. The highest BCUT2D eigenvalue weighted by atomic mass is 15.3. The first-order valence-electron chi connectivity index (χ1n) is 2.47. The van der Waals surface area contributed by atoms with Crippen molar-refractivity contribution < 1.29 is 0 Å². The number of rotatable bonds is 1. The summed E-state index contributed by atoms with van der Waals surface area (Å²) in [6.45, 7) is 0. The van der Waals surface area contributed by atoms with Crippen molar-refractivity contribution in [1.82, 2.24) is 9.78 Å². The first kappa shape index (κ1) is 5.63. The number of nitrogens with one attached hydrogen (secondary N) is 1. The molecular formula is C5H6N4. The van der Waals surface area contributed by atoms with Crippen molar-refractivity contribution in [2.45, 2.75) is 0 Å². The number of nitriles is 1. The zero-order valence-corrected chi connectivity index (χ0v) is 5.00. The summed E-state index contributed by atoms with van der Waals surface area (Å²) in [5.74, 6) is 0.706. The summed E-state index contributed by atoms with van der Waals surface area (Å²) >= 11 is 0. The molecule has 0 saturated carbocycles. The van der Waals surface area contributed by atoms with E-state index in [-0.39, 0.29) is 0 Å². The SMILES string of the molecule is Cn1nccc1NC#N. The zero-order valence-electron chi connectivity index (χ0n) is 5.00. The second-order valence-electron chi connectivity index (χ2n) is 1.58. The van der Waals surface area contributed by atoms with E-state index < -0.39 is 0 Å². The number of hydrogen-bond acceptors (Lipinski definition) is 3. The number of nitrogens with zero attached hydrogens (tertiary/aromatic N) is 3. The Kier molecular flexibility index (Phi) is 1.36. The van der Waals surface area contributed by atoms with Crippen LogP contribution in [0.5, 0.6) is 0 Å². The highest BCUT2D eigenvalue weighted by Gasteiger charge is 1.91. The monoisotopic (exact) mass is 122 g/mol. The largest absolute Gasteiger partial charge is 0.277 e. The molecule has 0 aromatic carbocycles. The topological polar surface area (TPSA) is 53.6 Å². The van der Waals surface area contributed by atoms with E-state index >= 15 is 0 Å². The number of hydrogen-bond donors (Lipinski definition) is 1. The number of aromatic nitrogens is 2. The van der Waals surface area contributed by atoms with Crippen LogP contribution in [0.4, 0.5) is 5.82 Å². The molecule has 0 amide bonds. The Bertz CT molecular complexity index is 231. The predicted octanol–water partition coefficient (Wildman–Crippen LogP) is 0.313. The summed E-state index contributed by atoms with van der Waals surface area (Å²) < 4.78 is 1.59. The molecule has 0 aliphatic carbocycles. The lowest BCUT2D eigenvalue weighted by Crippen LogP contribution is -1.97. The molecule has 1 rings (SSSR count). The van der Waals surface area contributed by atoms with Crippen molar-refractivity contribution in [2.75, 3.05) is 5.32 Å². The molecule has 0 fully saturated rings. The summed E-state index contributed by atoms with van der Waals surface area (Å²) in [6, 6.07) is 1.73. The molecule has 0 aliphatic heterocycles. The predicted molar refractivity (Wildman–Crippen MR) is 32.4 cm³/mol. The zero-order chi connectivity index (χ0) is 6.69. The van der Waals surface area contributed by atoms with Gasteiger partial charge in [-0.15, -0.1) is 0 Å². The Morgan fingerprint density at radius 2 is 2.67 bits per heavy atom. The molecule has 0 bridgehead atoms. The van der Waals surface area contributed by atoms with Gasteiger partial charge in [0.2, 0.25) is 0 Å². The summed E-state index contributed by atoms with van der Waals surface area (Å²) in [6.07, 6.45) is 3.42. The van der Waals surface area contributed by atoms with E-state index in [2.05, 4.69) is 10.4 Å². The molecule has 4 heteroatoms. The molecule has 4 nitrogen and oxygen atoms in total. The van der Waals surface area contributed by atoms with Crippen LogP contribution in [0.2, 0.25) is 0 Å². The molecule has 1 N–H and O–H groups in total. The fraction of sp³-hybridized carbons (Fsp3) is 0.200. The van der Waals surface area contributed by atoms with Crippen molar-refractivity contribution in [2.24, 2.45) is 7.05 Å². The van der Waals surface area contributed by atoms with E-state index in [0.29, 0.717) is 5.82 Å². The molecular weight excluding hydrogens is 116 g/mol. The maximum Gasteiger partial charge on any atom is 0.182 e. The molecule has 1 aromatic rings. The van der Waals surface area contributed by atoms with Crippen LogP contribution in [0.15, 0.2) is 12.3 Å². The van der Waals surface area contributed by atoms with E-state index in [4.69, 9.17) is 5.26 Å². The minimum absolute atomic E-state index is 0.706. The Hall–Kier alpha value is -1.50. The molecule has 0 aliphatic rings. The van der Waals surface area contributed by atoms with Gasteiger partial charge in [-0.3, -0.25) is 10.00 Å². The fourth-order valence-electron chi connectivity index (χ4n) is 0.554. The summed E-state index contributed by atoms with van der Waals surface area (Å²) in [5, 5.41) is 14.5. The van der Waals surface area contributed by atoms with Crippen molar-refractivity contribution in [3.63, 3.8) is 0 Å². The Morgan fingerprint density at radius 1 is 1.89 bits per heavy atom. The maximum atomic E-state index is 8.16. The summed E-state index contributed by atoms with van der Waals surface area (Å²) in [7, 11) is 1.76. The molecule has 0 radical (unpaired) electrons. The van der Waals surface area contributed by atoms with Gasteiger partial charge in [0.25, 0.3) is 0 Å². The first-order chi connectivity index (χ1) is 4.34. The van der Waals surface area contributed by atoms with Crippen molar-refractivity contribution in [3.05, 3.63) is 12.3 Å². The average Bonchev–Trinajstić information content (AvgIpc) is 2.18. The van der Waals surface area contributed by atoms with Crippen molar-refractivity contribution >= 4 is 5.82 Å². The summed E-state index contributed by atoms with van der Waals surface area (Å²) in [4.78, 5) is 0. The van der Waals surface area contributed by atoms with Gasteiger partial charge >= 0.3 is 0 Å². The number of aryl methyl sites for hydroxylation is 1. The molecule has 0 unspecified atom stereocenters. The smallest absolute Gasteiger partial charge is 0.182 e. The highest BCUT2D eigenvalue weighted by Crippen LogP contribution is 2.00. The van der Waals surface area contributed by atoms with Gasteiger partial charge in [-0.05, 0) is 0 Å². The first-order valence-corrected chi connectivity index (χ1v) is 2.47. The van der Waals surface area contributed by atoms with E-state index in [1.807, 2.05) is 0 Å². The molecule has 0 spiro atoms. The average molecular weight is 122 g/mol. The minimum Gasteiger partial charge on any atom is -0.277 e. The lowest BCUT2D eigenvalue weighted by molar-refractivity contribution is 0.777. The van der Waals surface area contributed by atoms with Crippen molar-refractivity contribution in [1.29, 1.82) is 5.26 Å². The lowest BCUT2D eigenvalue weighted by atomic mass is 10.6. The van der Waals surface area contributed by atoms with Gasteiger partial charge in [-0.1, -0.05) is 0 Å². The third-order valence-electron chi connectivity index (χ3n) is 1.00. The van der Waals surface area contributed by atoms with Gasteiger partial charge in [0.15, 0.2) is 6.19 Å². The molecule has 0 atom stereocenters. The normalized spacial score (nSPS) is 8.44. The van der Waals surface area contributed by atoms with Gasteiger partial charge in [0, 0.05) is 13.1 Å². The quantitative estimate of drug-likeness (QED) is 0.431. The van der Waals surface area contributed by atoms with Gasteiger partial charge in [-0.25, -0.2) is 0 Å². The van der Waals surface area contributed by atoms with Gasteiger partial charge in [0.05, 0.1) is 6.20 Å². The van der Waals surface area contributed by atoms with Gasteiger partial charge in [-0.2, -0.15) is 10.4 Å². The maximum absolute atomic E-state index is 8.16. The van der Waals surface area contributed by atoms with Crippen LogP contribution < -0.4 is 5.32 Å². The molecule has 1 aromatic heterocycles. The van der Waals surface area contributed by atoms with E-state index in [1.165, 1.54) is 0 Å². The van der Waals surface area contributed by atoms with E-state index in [9.17, 15) is 0 Å². The van der Waals surface area contributed by atoms with Gasteiger partial charge < -0.3 is 0 Å². The van der Waals surface area contributed by atoms with Crippen LogP contribution in [0.1, 0.15) is 0 Å². The molecule has 0 saturated heterocycles. The van der Waals surface area contributed by atoms with E-state index in [1.54, 1.807) is 30.2 Å². The Morgan fingerprint density at radius 3 is 3.11 bits per heavy atom. The molecule has 9 heavy (non-hydrogen) atoms. The molecule has 1 heterocycles. The van der Waals surface area contributed by atoms with E-state index in [0.717, 1.165) is 0 Å². The van der Waals surface area contributed by atoms with Crippen LogP contribution in [-0.4, -0.2) is 9.78 Å². The van der Waals surface area contributed by atoms with Gasteiger partial charge in [0.1, 0.15) is 5.82 Å². The Labute approximate surface area is 52.7 Å². The van der Waals surface area contributed by atoms with Crippen LogP contribution in [0, 0.1) is 11.5 Å². The third-order valence-corrected chi connectivity index (χ3v) is 1.00. The second kappa shape index (κ2) is 2.18. The van der Waals surface area contributed by atoms with Crippen LogP contribution in [0.25, 0.3) is 0 Å². The fourth-order valence-corrected chi connectivity index (χ4v) is 0.554. The summed E-state index contributed by atoms with van der Waals surface area (Å²) in [5.41, 5.74) is 0. The Balaban J connectivity index is 2.84. The third kappa shape index (κ3) is 0.995. The van der Waals surface area contributed by atoms with Crippen molar-refractivity contribution in [3.8, 4) is 6.19 Å². The van der Waals surface area contributed by atoms with Crippen LogP contribution >= 0.6 is 0 Å². The standard InChI is InChI=1S/C5H6N4/c1-9-5(7-4-6)2-3-8-9/h2-3,7H,1H3. The van der Waals surface area contributed by atoms with Crippen LogP contribution in [0.3, 0.4) is 0 Å². The molecule has 46 valence electrons. The van der Waals surface area contributed by atoms with Crippen LogP contribution in [-0.2, 0) is 7.05 Å². The lowest BCUT2D eigenvalue weighted by Gasteiger charge is -1.93. The number of anilines is 1.